The zero-order chi connectivity index (χ0) is 30.2. The Labute approximate surface area is 242 Å². The number of benzene rings is 3. The van der Waals surface area contributed by atoms with Gasteiger partial charge in [-0.3, -0.25) is 9.36 Å². The number of rotatable bonds is 7. The minimum absolute atomic E-state index is 0.0345. The van der Waals surface area contributed by atoms with E-state index in [-0.39, 0.29) is 22.4 Å². The van der Waals surface area contributed by atoms with Gasteiger partial charge in [-0.2, -0.15) is 13.2 Å². The summed E-state index contributed by atoms with van der Waals surface area (Å²) in [5.41, 5.74) is -0.335. The number of oxime groups is 1. The Morgan fingerprint density at radius 2 is 1.81 bits per heavy atom. The molecular formula is C31H25F5N2O3S. The van der Waals surface area contributed by atoms with E-state index in [4.69, 9.17) is 9.94 Å². The van der Waals surface area contributed by atoms with E-state index < -0.39 is 47.0 Å². The van der Waals surface area contributed by atoms with Gasteiger partial charge in [0.25, 0.3) is 5.56 Å². The molecule has 1 unspecified atom stereocenters. The molecule has 1 aromatic heterocycles. The van der Waals surface area contributed by atoms with E-state index in [1.807, 2.05) is 6.07 Å². The monoisotopic (exact) mass is 600 g/mol. The van der Waals surface area contributed by atoms with E-state index in [1.54, 1.807) is 25.1 Å². The summed E-state index contributed by atoms with van der Waals surface area (Å²) in [5, 5.41) is 12.6. The van der Waals surface area contributed by atoms with Gasteiger partial charge in [0.1, 0.15) is 5.82 Å². The number of pyridine rings is 1. The first-order chi connectivity index (χ1) is 20.1. The van der Waals surface area contributed by atoms with Gasteiger partial charge >= 0.3 is 6.18 Å². The molecule has 4 aromatic rings. The van der Waals surface area contributed by atoms with Crippen LogP contribution in [0, 0.1) is 18.6 Å². The Morgan fingerprint density at radius 1 is 1.07 bits per heavy atom. The zero-order valence-corrected chi connectivity index (χ0v) is 23.3. The van der Waals surface area contributed by atoms with E-state index in [9.17, 15) is 18.0 Å². The summed E-state index contributed by atoms with van der Waals surface area (Å²) in [4.78, 5) is 14.2. The molecule has 0 saturated carbocycles. The molecule has 0 amide bonds. The Balaban J connectivity index is 1.76. The van der Waals surface area contributed by atoms with Gasteiger partial charge < -0.3 is 9.94 Å². The number of methoxy groups -OCH3 is 1. The average molecular weight is 601 g/mol. The van der Waals surface area contributed by atoms with Crippen LogP contribution in [-0.4, -0.2) is 28.9 Å². The molecule has 3 aromatic carbocycles. The van der Waals surface area contributed by atoms with Crippen LogP contribution in [-0.2, 0) is 19.0 Å². The van der Waals surface area contributed by atoms with Crippen molar-refractivity contribution >= 4 is 18.0 Å². The van der Waals surface area contributed by atoms with Gasteiger partial charge in [-0.05, 0) is 53.8 Å². The van der Waals surface area contributed by atoms with Gasteiger partial charge in [0.05, 0.1) is 35.5 Å². The molecule has 0 saturated heterocycles. The molecule has 5 rings (SSSR count). The molecule has 0 radical (unpaired) electrons. The van der Waals surface area contributed by atoms with Crippen LogP contribution < -0.4 is 10.3 Å². The normalized spacial score (nSPS) is 14.9. The molecular weight excluding hydrogens is 575 g/mol. The molecule has 0 fully saturated rings. The van der Waals surface area contributed by atoms with Crippen molar-refractivity contribution in [2.24, 2.45) is 5.16 Å². The maximum absolute atomic E-state index is 15.6. The smallest absolute Gasteiger partial charge is 0.416 e. The van der Waals surface area contributed by atoms with Crippen molar-refractivity contribution in [2.75, 3.05) is 12.9 Å². The molecule has 218 valence electrons. The van der Waals surface area contributed by atoms with E-state index in [1.165, 1.54) is 47.9 Å². The molecule has 0 bridgehead atoms. The number of ether oxygens (including phenoxy) is 1. The van der Waals surface area contributed by atoms with Crippen LogP contribution in [0.15, 0.2) is 75.6 Å². The molecule has 0 spiro atoms. The number of hydrogen-bond donors (Lipinski definition) is 1. The maximum atomic E-state index is 15.6. The minimum Gasteiger partial charge on any atom is -0.494 e. The number of thioether (sulfide) groups is 1. The molecule has 2 heterocycles. The highest BCUT2D eigenvalue weighted by molar-refractivity contribution is 7.99. The van der Waals surface area contributed by atoms with Crippen molar-refractivity contribution in [2.45, 2.75) is 37.0 Å². The minimum atomic E-state index is -4.81. The predicted octanol–water partition coefficient (Wildman–Crippen LogP) is 7.42. The summed E-state index contributed by atoms with van der Waals surface area (Å²) < 4.78 is 79.0. The van der Waals surface area contributed by atoms with Crippen LogP contribution in [0.4, 0.5) is 22.0 Å². The van der Waals surface area contributed by atoms with Crippen LogP contribution in [0.25, 0.3) is 11.1 Å². The second-order valence-electron chi connectivity index (χ2n) is 9.83. The lowest BCUT2D eigenvalue weighted by atomic mass is 9.92. The van der Waals surface area contributed by atoms with Crippen LogP contribution >= 0.6 is 11.8 Å². The van der Waals surface area contributed by atoms with E-state index >= 15 is 8.78 Å². The average Bonchev–Trinajstić information content (AvgIpc) is 3.37. The van der Waals surface area contributed by atoms with Crippen molar-refractivity contribution in [1.82, 2.24) is 4.57 Å². The topological polar surface area (TPSA) is 63.8 Å². The standard InChI is InChI=1S/C31H25F5N2O3S/c1-17-22(14-23-24(31(34,35)36)10-6-11-25(23)32)30-38(29(39)27(17)21-9-5-12-26(41-2)28(21)33)20(16-42-30)13-18-7-3-4-8-19(18)15-37-40/h3-12,15,20,40H,13-14,16H2,1-2H3/b37-15-. The van der Waals surface area contributed by atoms with Gasteiger partial charge in [0.15, 0.2) is 11.6 Å². The molecule has 11 heteroatoms. The highest BCUT2D eigenvalue weighted by Crippen LogP contribution is 2.43. The second-order valence-corrected chi connectivity index (χ2v) is 10.8. The largest absolute Gasteiger partial charge is 0.494 e. The number of fused-ring (bicyclic) bond motifs is 1. The fraction of sp³-hybridized carbons (Fsp3) is 0.226. The Kier molecular flexibility index (Phi) is 8.14. The molecule has 42 heavy (non-hydrogen) atoms. The second kappa shape index (κ2) is 11.6. The highest BCUT2D eigenvalue weighted by Gasteiger charge is 2.37. The Bertz CT molecular complexity index is 1750. The highest BCUT2D eigenvalue weighted by atomic mass is 32.2. The summed E-state index contributed by atoms with van der Waals surface area (Å²) in [6, 6.07) is 13.8. The lowest BCUT2D eigenvalue weighted by molar-refractivity contribution is -0.138. The Hall–Kier alpha value is -4.12. The summed E-state index contributed by atoms with van der Waals surface area (Å²) >= 11 is 1.28. The van der Waals surface area contributed by atoms with Gasteiger partial charge in [-0.1, -0.05) is 47.6 Å². The van der Waals surface area contributed by atoms with Crippen molar-refractivity contribution in [3.05, 3.63) is 116 Å². The molecule has 0 aliphatic carbocycles. The quantitative estimate of drug-likeness (QED) is 0.104. The fourth-order valence-corrected chi connectivity index (χ4v) is 6.84. The molecule has 1 atom stereocenters. The van der Waals surface area contributed by atoms with Crippen LogP contribution in [0.1, 0.15) is 39.4 Å². The lowest BCUT2D eigenvalue weighted by Gasteiger charge is -2.22. The third kappa shape index (κ3) is 5.29. The molecule has 5 nitrogen and oxygen atoms in total. The molecule has 1 N–H and O–H groups in total. The van der Waals surface area contributed by atoms with Crippen LogP contribution in [0.5, 0.6) is 5.75 Å². The maximum Gasteiger partial charge on any atom is 0.416 e. The number of aromatic nitrogens is 1. The number of hydrogen-bond acceptors (Lipinski definition) is 5. The summed E-state index contributed by atoms with van der Waals surface area (Å²) in [5.74, 6) is -1.53. The zero-order valence-electron chi connectivity index (χ0n) is 22.5. The first-order valence-electron chi connectivity index (χ1n) is 12.9. The molecule has 1 aliphatic rings. The number of nitrogens with zero attached hydrogens (tertiary/aromatic N) is 2. The first-order valence-corrected chi connectivity index (χ1v) is 13.9. The SMILES string of the molecule is COc1cccc(-c2c(C)c(Cc3c(F)cccc3C(F)(F)F)c3n(c2=O)C(Cc2ccccc2/C=N\O)CS3)c1F. The van der Waals surface area contributed by atoms with Crippen molar-refractivity contribution < 1.29 is 31.9 Å². The first kappa shape index (κ1) is 29.4. The van der Waals surface area contributed by atoms with E-state index in [0.29, 0.717) is 28.3 Å². The number of halogens is 5. The van der Waals surface area contributed by atoms with Gasteiger partial charge in [-0.15, -0.1) is 11.8 Å². The third-order valence-corrected chi connectivity index (χ3v) is 8.72. The van der Waals surface area contributed by atoms with E-state index in [2.05, 4.69) is 5.16 Å². The van der Waals surface area contributed by atoms with Crippen molar-refractivity contribution in [3.8, 4) is 16.9 Å². The third-order valence-electron chi connectivity index (χ3n) is 7.45. The summed E-state index contributed by atoms with van der Waals surface area (Å²) in [6.07, 6.45) is -3.68. The lowest BCUT2D eigenvalue weighted by Crippen LogP contribution is -2.29. The van der Waals surface area contributed by atoms with Crippen molar-refractivity contribution in [3.63, 3.8) is 0 Å². The van der Waals surface area contributed by atoms with Crippen LogP contribution in [0.3, 0.4) is 0 Å². The molecule has 1 aliphatic heterocycles. The predicted molar refractivity (Wildman–Crippen MR) is 151 cm³/mol. The van der Waals surface area contributed by atoms with Gasteiger partial charge in [0.2, 0.25) is 0 Å². The van der Waals surface area contributed by atoms with Gasteiger partial charge in [0, 0.05) is 23.3 Å². The summed E-state index contributed by atoms with van der Waals surface area (Å²) in [6.45, 7) is 1.54. The van der Waals surface area contributed by atoms with E-state index in [0.717, 1.165) is 23.8 Å². The fourth-order valence-electron chi connectivity index (χ4n) is 5.45. The van der Waals surface area contributed by atoms with Crippen molar-refractivity contribution in [1.29, 1.82) is 0 Å². The summed E-state index contributed by atoms with van der Waals surface area (Å²) in [7, 11) is 1.28. The Morgan fingerprint density at radius 3 is 2.52 bits per heavy atom. The van der Waals surface area contributed by atoms with Crippen LogP contribution in [0.2, 0.25) is 0 Å². The van der Waals surface area contributed by atoms with Gasteiger partial charge in [-0.25, -0.2) is 8.78 Å². The number of alkyl halides is 3.